The number of rotatable bonds is 8. The van der Waals surface area contributed by atoms with E-state index in [0.717, 1.165) is 5.56 Å². The fourth-order valence-corrected chi connectivity index (χ4v) is 8.40. The summed E-state index contributed by atoms with van der Waals surface area (Å²) < 4.78 is 348. The summed E-state index contributed by atoms with van der Waals surface area (Å²) in [6, 6.07) is 8.26. The van der Waals surface area contributed by atoms with Gasteiger partial charge in [-0.25, -0.2) is 9.78 Å². The molecule has 0 amide bonds. The Kier molecular flexibility index (Phi) is 16.9. The van der Waals surface area contributed by atoms with Gasteiger partial charge in [0, 0.05) is 10.5 Å². The number of aromatic nitrogens is 2. The first-order valence-electron chi connectivity index (χ1n) is 21.7. The van der Waals surface area contributed by atoms with Crippen LogP contribution in [-0.4, -0.2) is 17.1 Å². The Morgan fingerprint density at radius 3 is 1.00 bits per heavy atom. The second-order valence-corrected chi connectivity index (χ2v) is 17.7. The molecule has 30 heteroatoms. The third-order valence-corrected chi connectivity index (χ3v) is 12.1. The van der Waals surface area contributed by atoms with Gasteiger partial charge in [-0.05, 0) is 36.4 Å². The van der Waals surface area contributed by atoms with Crippen molar-refractivity contribution in [3.63, 3.8) is 0 Å². The van der Waals surface area contributed by atoms with E-state index in [2.05, 4.69) is 17.6 Å². The molecule has 7 aromatic rings. The van der Waals surface area contributed by atoms with E-state index in [0.29, 0.717) is 17.2 Å². The Labute approximate surface area is 438 Å². The van der Waals surface area contributed by atoms with Gasteiger partial charge < -0.3 is 4.74 Å². The molecule has 0 unspecified atom stereocenters. The summed E-state index contributed by atoms with van der Waals surface area (Å²) >= 11 is 4.27. The van der Waals surface area contributed by atoms with E-state index >= 15 is 0 Å². The maximum atomic E-state index is 14.2. The van der Waals surface area contributed by atoms with E-state index in [1.54, 1.807) is 30.6 Å². The highest BCUT2D eigenvalue weighted by atomic mass is 32.1. The molecule has 7 rings (SSSR count). The third kappa shape index (κ3) is 14.5. The summed E-state index contributed by atoms with van der Waals surface area (Å²) in [7, 11) is 0. The Bertz CT molecular complexity index is 2940. The maximum absolute atomic E-state index is 14.2. The molecule has 0 spiro atoms. The summed E-state index contributed by atoms with van der Waals surface area (Å²) in [5, 5.41) is 0. The normalized spacial score (nSPS) is 13.2. The first-order chi connectivity index (χ1) is 36.5. The van der Waals surface area contributed by atoms with Crippen molar-refractivity contribution >= 4 is 46.6 Å². The van der Waals surface area contributed by atoms with Gasteiger partial charge in [-0.3, -0.25) is 0 Å². The number of esters is 1. The second-order valence-electron chi connectivity index (χ2n) is 17.2. The van der Waals surface area contributed by atoms with Crippen LogP contribution in [0.15, 0.2) is 151 Å². The Morgan fingerprint density at radius 2 is 0.713 bits per heavy atom. The molecule has 0 aliphatic heterocycles. The van der Waals surface area contributed by atoms with Crippen LogP contribution in [0.25, 0.3) is 0 Å². The van der Waals surface area contributed by atoms with Gasteiger partial charge >= 0.3 is 55.4 Å². The molecular formula is C50H27BF24N2O2S. The molecule has 1 aromatic heterocycles. The monoisotopic (exact) mass is 1190 g/mol. The highest BCUT2D eigenvalue weighted by molar-refractivity contribution is 7.80. The molecule has 6 aromatic carbocycles. The molecule has 0 saturated heterocycles. The van der Waals surface area contributed by atoms with E-state index in [1.807, 2.05) is 47.2 Å². The third-order valence-electron chi connectivity index (χ3n) is 11.7. The van der Waals surface area contributed by atoms with Crippen molar-refractivity contribution in [1.29, 1.82) is 0 Å². The summed E-state index contributed by atoms with van der Waals surface area (Å²) in [5.74, 6) is -0.0880. The molecule has 0 fully saturated rings. The van der Waals surface area contributed by atoms with E-state index in [4.69, 9.17) is 4.74 Å². The topological polar surface area (TPSA) is 43.1 Å². The van der Waals surface area contributed by atoms with Gasteiger partial charge in [0.1, 0.15) is 11.9 Å². The SMILES string of the molecule is FC(F)(F)c1cc([B-](c2cc(C(F)(F)F)cc(C(F)(F)F)c2)(c2cc(C(F)(F)F)cc(C(F)(F)F)c2)c2cc(C(F)(F)F)cc(C(F)(F)F)c2)cc(C(F)(F)F)c1.O=C(Oc1ccccc1S)c1c[n+](Cc2ccccc2)ccn1. The largest absolute Gasteiger partial charge is 0.420 e. The van der Waals surface area contributed by atoms with E-state index in [9.17, 15) is 110 Å². The average molecular weight is 1190 g/mol. The first kappa shape index (κ1) is 61.8. The number of alkyl halides is 24. The molecule has 0 radical (unpaired) electrons. The van der Waals surface area contributed by atoms with E-state index in [-0.39, 0.29) is 5.69 Å². The van der Waals surface area contributed by atoms with Gasteiger partial charge in [0.2, 0.25) is 11.9 Å². The minimum Gasteiger partial charge on any atom is -0.420 e. The number of nitrogens with zero attached hydrogens (tertiary/aromatic N) is 2. The van der Waals surface area contributed by atoms with E-state index < -0.39 is 201 Å². The quantitative estimate of drug-likeness (QED) is 0.0412. The number of thiol groups is 1. The number of para-hydroxylation sites is 1. The number of ether oxygens (including phenoxy) is 1. The number of carbonyl (C=O) groups excluding carboxylic acids is 1. The lowest BCUT2D eigenvalue weighted by molar-refractivity contribution is -0.689. The van der Waals surface area contributed by atoms with Crippen molar-refractivity contribution in [3.8, 4) is 5.75 Å². The van der Waals surface area contributed by atoms with Gasteiger partial charge in [-0.2, -0.15) is 132 Å². The summed E-state index contributed by atoms with van der Waals surface area (Å²) in [5.41, 5.74) is -28.8. The Balaban J connectivity index is 0.000000370. The molecule has 0 saturated carbocycles. The van der Waals surface area contributed by atoms with Crippen LogP contribution in [-0.2, 0) is 56.0 Å². The molecule has 0 atom stereocenters. The van der Waals surface area contributed by atoms with Gasteiger partial charge in [-0.1, -0.05) is 91.0 Å². The van der Waals surface area contributed by atoms with Gasteiger partial charge in [0.25, 0.3) is 0 Å². The van der Waals surface area contributed by atoms with Crippen LogP contribution >= 0.6 is 12.6 Å². The number of halogens is 24. The van der Waals surface area contributed by atoms with Gasteiger partial charge in [-0.15, -0.1) is 12.6 Å². The lowest BCUT2D eigenvalue weighted by Gasteiger charge is -2.46. The van der Waals surface area contributed by atoms with E-state index in [1.165, 1.54) is 0 Å². The predicted octanol–water partition coefficient (Wildman–Crippen LogP) is 14.1. The van der Waals surface area contributed by atoms with Crippen molar-refractivity contribution in [1.82, 2.24) is 4.98 Å². The van der Waals surface area contributed by atoms with Crippen LogP contribution in [0.3, 0.4) is 0 Å². The molecule has 0 bridgehead atoms. The molecule has 0 aliphatic carbocycles. The van der Waals surface area contributed by atoms with Gasteiger partial charge in [0.15, 0.2) is 12.7 Å². The highest BCUT2D eigenvalue weighted by Crippen LogP contribution is 2.41. The zero-order chi connectivity index (χ0) is 60.0. The number of carbonyl (C=O) groups is 1. The molecule has 4 nitrogen and oxygen atoms in total. The minimum absolute atomic E-state index is 0.250. The summed E-state index contributed by atoms with van der Waals surface area (Å²) in [6.07, 6.45) is -49.7. The van der Waals surface area contributed by atoms with Crippen LogP contribution in [0, 0.1) is 0 Å². The smallest absolute Gasteiger partial charge is 0.416 e. The summed E-state index contributed by atoms with van der Waals surface area (Å²) in [4.78, 5) is 16.9. The molecular weight excluding hydrogens is 1160 g/mol. The number of hydrogen-bond acceptors (Lipinski definition) is 4. The highest BCUT2D eigenvalue weighted by Gasteiger charge is 2.47. The number of benzene rings is 6. The number of hydrogen-bond donors (Lipinski definition) is 1. The fraction of sp³-hybridized carbons (Fsp3) is 0.180. The second kappa shape index (κ2) is 21.9. The maximum Gasteiger partial charge on any atom is 0.416 e. The Hall–Kier alpha value is -7.40. The van der Waals surface area contributed by atoms with Crippen molar-refractivity contribution in [3.05, 3.63) is 202 Å². The van der Waals surface area contributed by atoms with Crippen LogP contribution in [0.1, 0.15) is 60.6 Å². The van der Waals surface area contributed by atoms with Crippen LogP contribution in [0.2, 0.25) is 0 Å². The standard InChI is InChI=1S/C32H12BF24.C18H14N2O2S/c34-25(35,36)13-1-14(26(37,38)39)6-21(5-13)33(22-7-15(27(40,41)42)2-16(8-22)28(43,44)45,23-9-17(29(46,47)48)3-18(10-23)30(49,50)51)24-11-19(31(52,53)54)4-20(12-24)32(55,56)57;21-18(22-16-8-4-5-9-17(16)23)15-13-20(11-10-19-15)12-14-6-2-1-3-7-14/h1-12H;1-11,13H,12H2/q-1;/p+1. The zero-order valence-electron chi connectivity index (χ0n) is 38.9. The van der Waals surface area contributed by atoms with Crippen molar-refractivity contribution < 1.29 is 119 Å². The zero-order valence-corrected chi connectivity index (χ0v) is 39.8. The van der Waals surface area contributed by atoms with Gasteiger partial charge in [0.05, 0.1) is 50.7 Å². The molecule has 0 N–H and O–H groups in total. The lowest BCUT2D eigenvalue weighted by Crippen LogP contribution is -2.75. The molecule has 426 valence electrons. The summed E-state index contributed by atoms with van der Waals surface area (Å²) in [6.45, 7) is 0.660. The van der Waals surface area contributed by atoms with Crippen LogP contribution in [0.4, 0.5) is 105 Å². The van der Waals surface area contributed by atoms with Crippen molar-refractivity contribution in [2.45, 2.75) is 60.9 Å². The van der Waals surface area contributed by atoms with Crippen LogP contribution in [0.5, 0.6) is 5.75 Å². The van der Waals surface area contributed by atoms with Crippen LogP contribution < -0.4 is 31.2 Å². The molecule has 80 heavy (non-hydrogen) atoms. The molecule has 1 heterocycles. The van der Waals surface area contributed by atoms with Crippen molar-refractivity contribution in [2.24, 2.45) is 0 Å². The first-order valence-corrected chi connectivity index (χ1v) is 22.2. The van der Waals surface area contributed by atoms with Crippen molar-refractivity contribution in [2.75, 3.05) is 0 Å². The average Bonchev–Trinajstić information content (AvgIpc) is 3.34. The Morgan fingerprint density at radius 1 is 0.425 bits per heavy atom. The lowest BCUT2D eigenvalue weighted by atomic mass is 9.12. The minimum atomic E-state index is -6.13. The fourth-order valence-electron chi connectivity index (χ4n) is 8.20. The predicted molar refractivity (Wildman–Crippen MR) is 239 cm³/mol. The molecule has 0 aliphatic rings.